The van der Waals surface area contributed by atoms with Crippen molar-refractivity contribution in [2.75, 3.05) is 21.2 Å². The number of ketones is 1. The summed E-state index contributed by atoms with van der Waals surface area (Å²) in [5, 5.41) is 0. The highest BCUT2D eigenvalue weighted by Crippen LogP contribution is 2.26. The van der Waals surface area contributed by atoms with Gasteiger partial charge in [0.2, 0.25) is 0 Å². The van der Waals surface area contributed by atoms with Gasteiger partial charge in [0, 0.05) is 26.8 Å². The van der Waals surface area contributed by atoms with Crippen molar-refractivity contribution in [3.05, 3.63) is 70.9 Å². The molecule has 4 heteroatoms. The predicted molar refractivity (Wildman–Crippen MR) is 169 cm³/mol. The number of methoxy groups -OCH3 is 1. The summed E-state index contributed by atoms with van der Waals surface area (Å²) in [5.74, 6) is 0.00981. The van der Waals surface area contributed by atoms with E-state index < -0.39 is 0 Å². The molecule has 1 unspecified atom stereocenters. The summed E-state index contributed by atoms with van der Waals surface area (Å²) in [4.78, 5) is 16.6. The quantitative estimate of drug-likeness (QED) is 0.230. The van der Waals surface area contributed by atoms with E-state index in [1.54, 1.807) is 33.2 Å². The van der Waals surface area contributed by atoms with Gasteiger partial charge in [-0.3, -0.25) is 9.79 Å². The van der Waals surface area contributed by atoms with Crippen LogP contribution < -0.4 is 0 Å². The molecular formula is C34H56N2O2. The summed E-state index contributed by atoms with van der Waals surface area (Å²) in [5.41, 5.74) is 7.33. The second-order valence-electron chi connectivity index (χ2n) is 9.11. The molecule has 0 saturated carbocycles. The molecule has 0 radical (unpaired) electrons. The molecule has 2 rings (SSSR count). The first-order chi connectivity index (χ1) is 18.2. The molecule has 2 aromatic carbocycles. The van der Waals surface area contributed by atoms with Gasteiger partial charge in [0.1, 0.15) is 5.70 Å². The molecule has 0 fully saturated rings. The van der Waals surface area contributed by atoms with Crippen LogP contribution in [0.2, 0.25) is 0 Å². The minimum absolute atomic E-state index is 0.00981. The van der Waals surface area contributed by atoms with Gasteiger partial charge in [-0.05, 0) is 88.0 Å². The first-order valence-corrected chi connectivity index (χ1v) is 14.2. The zero-order valence-corrected chi connectivity index (χ0v) is 26.5. The van der Waals surface area contributed by atoms with E-state index in [-0.39, 0.29) is 5.78 Å². The lowest BCUT2D eigenvalue weighted by Crippen LogP contribution is -2.10. The number of aliphatic imine (C=N–C) groups is 1. The molecule has 0 amide bonds. The fourth-order valence-electron chi connectivity index (χ4n) is 3.72. The van der Waals surface area contributed by atoms with Crippen LogP contribution in [0.1, 0.15) is 91.3 Å². The number of aryl methyl sites for hydroxylation is 2. The van der Waals surface area contributed by atoms with Gasteiger partial charge in [0.05, 0.1) is 6.10 Å². The molecule has 0 N–H and O–H groups in total. The summed E-state index contributed by atoms with van der Waals surface area (Å²) >= 11 is 0. The highest BCUT2D eigenvalue weighted by molar-refractivity contribution is 5.94. The van der Waals surface area contributed by atoms with Gasteiger partial charge >= 0.3 is 0 Å². The number of hydrogen-bond donors (Lipinski definition) is 0. The molecule has 214 valence electrons. The van der Waals surface area contributed by atoms with Crippen molar-refractivity contribution in [3.8, 4) is 11.1 Å². The lowest BCUT2D eigenvalue weighted by atomic mass is 9.96. The van der Waals surface area contributed by atoms with Gasteiger partial charge < -0.3 is 9.64 Å². The summed E-state index contributed by atoms with van der Waals surface area (Å²) < 4.78 is 5.14. The fourth-order valence-corrected chi connectivity index (χ4v) is 3.72. The van der Waals surface area contributed by atoms with Crippen LogP contribution in [0.15, 0.2) is 59.2 Å². The number of hydrogen-bond acceptors (Lipinski definition) is 4. The number of rotatable bonds is 10. The first kappa shape index (κ1) is 37.6. The zero-order valence-electron chi connectivity index (χ0n) is 26.5. The molecule has 1 atom stereocenters. The van der Waals surface area contributed by atoms with Crippen LogP contribution in [0.5, 0.6) is 0 Å². The highest BCUT2D eigenvalue weighted by Gasteiger charge is 2.05. The monoisotopic (exact) mass is 524 g/mol. The molecule has 0 heterocycles. The van der Waals surface area contributed by atoms with E-state index in [1.165, 1.54) is 47.6 Å². The third-order valence-corrected chi connectivity index (χ3v) is 5.75. The van der Waals surface area contributed by atoms with Gasteiger partial charge in [0.25, 0.3) is 0 Å². The van der Waals surface area contributed by atoms with Gasteiger partial charge in [-0.2, -0.15) is 0 Å². The van der Waals surface area contributed by atoms with Crippen molar-refractivity contribution in [1.82, 2.24) is 4.90 Å². The summed E-state index contributed by atoms with van der Waals surface area (Å²) in [6.07, 6.45) is 8.47. The van der Waals surface area contributed by atoms with Crippen LogP contribution >= 0.6 is 0 Å². The maximum absolute atomic E-state index is 10.6. The van der Waals surface area contributed by atoms with Crippen molar-refractivity contribution in [2.45, 2.75) is 101 Å². The number of nitrogens with zero attached hydrogens (tertiary/aromatic N) is 2. The van der Waals surface area contributed by atoms with Crippen LogP contribution in [0.25, 0.3) is 11.1 Å². The third-order valence-electron chi connectivity index (χ3n) is 5.75. The van der Waals surface area contributed by atoms with Crippen molar-refractivity contribution in [2.24, 2.45) is 4.99 Å². The highest BCUT2D eigenvalue weighted by atomic mass is 16.5. The Labute approximate surface area is 235 Å². The first-order valence-electron chi connectivity index (χ1n) is 14.2. The van der Waals surface area contributed by atoms with E-state index in [0.29, 0.717) is 11.8 Å². The molecule has 0 saturated heterocycles. The van der Waals surface area contributed by atoms with Gasteiger partial charge in [-0.25, -0.2) is 0 Å². The number of carbonyl (C=O) groups is 1. The molecule has 0 aliphatic carbocycles. The van der Waals surface area contributed by atoms with E-state index >= 15 is 0 Å². The molecule has 0 bridgehead atoms. The van der Waals surface area contributed by atoms with Crippen LogP contribution in [-0.4, -0.2) is 44.2 Å². The summed E-state index contributed by atoms with van der Waals surface area (Å²) in [6, 6.07) is 15.6. The Balaban J connectivity index is 0. The van der Waals surface area contributed by atoms with Crippen LogP contribution in [0.4, 0.5) is 0 Å². The molecule has 0 aliphatic rings. The Bertz CT molecular complexity index is 941. The maximum Gasteiger partial charge on any atom is 0.177 e. The predicted octanol–water partition coefficient (Wildman–Crippen LogP) is 9.09. The smallest absolute Gasteiger partial charge is 0.177 e. The molecule has 38 heavy (non-hydrogen) atoms. The molecular weight excluding hydrogens is 468 g/mol. The van der Waals surface area contributed by atoms with E-state index in [1.807, 2.05) is 13.8 Å². The van der Waals surface area contributed by atoms with Gasteiger partial charge in [-0.15, -0.1) is 0 Å². The second kappa shape index (κ2) is 23.5. The zero-order chi connectivity index (χ0) is 29.5. The van der Waals surface area contributed by atoms with Crippen molar-refractivity contribution >= 4 is 12.0 Å². The van der Waals surface area contributed by atoms with E-state index in [0.717, 1.165) is 19.4 Å². The molecule has 4 nitrogen and oxygen atoms in total. The Morgan fingerprint density at radius 2 is 1.68 bits per heavy atom. The number of ether oxygens (including phenoxy) is 1. The Kier molecular flexibility index (Phi) is 23.3. The van der Waals surface area contributed by atoms with E-state index in [2.05, 4.69) is 94.1 Å². The average Bonchev–Trinajstić information content (AvgIpc) is 2.92. The molecule has 2 aromatic rings. The SMILES string of the molecule is CC.CC=N/C(=C\C)C(C)=O.CCCC(CC)OC.CCc1ccc(C)c(-c2cccc(CN(C)C)c2)c1. The average molecular weight is 525 g/mol. The summed E-state index contributed by atoms with van der Waals surface area (Å²) in [7, 11) is 6.00. The lowest BCUT2D eigenvalue weighted by molar-refractivity contribution is -0.113. The number of benzene rings is 2. The van der Waals surface area contributed by atoms with Crippen molar-refractivity contribution in [1.29, 1.82) is 0 Å². The van der Waals surface area contributed by atoms with Crippen LogP contribution in [-0.2, 0) is 22.5 Å². The number of allylic oxidation sites excluding steroid dienone is 2. The Morgan fingerprint density at radius 3 is 2.08 bits per heavy atom. The van der Waals surface area contributed by atoms with Crippen molar-refractivity contribution < 1.29 is 9.53 Å². The lowest BCUT2D eigenvalue weighted by Gasteiger charge is -2.13. The third kappa shape index (κ3) is 16.3. The summed E-state index contributed by atoms with van der Waals surface area (Å²) in [6.45, 7) is 18.8. The molecule has 0 aromatic heterocycles. The second-order valence-corrected chi connectivity index (χ2v) is 9.11. The molecule has 0 aliphatic heterocycles. The van der Waals surface area contributed by atoms with Gasteiger partial charge in [-0.1, -0.05) is 83.5 Å². The Morgan fingerprint density at radius 1 is 1.03 bits per heavy atom. The van der Waals surface area contributed by atoms with Crippen LogP contribution in [0, 0.1) is 6.92 Å². The minimum Gasteiger partial charge on any atom is -0.381 e. The number of Topliss-reactive ketones (excluding diaryl/α,β-unsaturated/α-hetero) is 1. The van der Waals surface area contributed by atoms with E-state index in [9.17, 15) is 4.79 Å². The van der Waals surface area contributed by atoms with Crippen LogP contribution in [0.3, 0.4) is 0 Å². The van der Waals surface area contributed by atoms with E-state index in [4.69, 9.17) is 4.74 Å². The van der Waals surface area contributed by atoms with Crippen molar-refractivity contribution in [3.63, 3.8) is 0 Å². The topological polar surface area (TPSA) is 41.9 Å². The van der Waals surface area contributed by atoms with Gasteiger partial charge in [0.15, 0.2) is 5.78 Å². The normalized spacial score (nSPS) is 11.6. The maximum atomic E-state index is 10.6. The standard InChI is InChI=1S/C18H23N.C7H11NO.C7H16O.C2H6/c1-5-15-10-9-14(2)18(12-15)17-8-6-7-16(11-17)13-19(3)4;1-4-7(6(3)9)8-5-2;1-4-6-7(5-2)8-3;1-2/h6-12H,5,13H2,1-4H3;4-5H,1-3H3;7H,4-6H2,1-3H3;1-2H3/b;7-4-,8-5?;;. The molecule has 0 spiro atoms. The largest absolute Gasteiger partial charge is 0.381 e. The number of carbonyl (C=O) groups excluding carboxylic acids is 1. The minimum atomic E-state index is 0.00981. The Hall–Kier alpha value is -2.56. The fraction of sp³-hybridized carbons (Fsp3) is 0.529.